The average molecular weight is 250 g/mol. The molecule has 0 aliphatic carbocycles. The van der Waals surface area contributed by atoms with Crippen molar-refractivity contribution < 1.29 is 9.09 Å². The van der Waals surface area contributed by atoms with Gasteiger partial charge in [0.2, 0.25) is 0 Å². The Kier molecular flexibility index (Phi) is 6.20. The van der Waals surface area contributed by atoms with Crippen LogP contribution in [0.15, 0.2) is 0 Å². The number of likely N-dealkylation sites (N-methyl/N-ethyl adjacent to an activating group) is 1. The predicted molar refractivity (Wildman–Crippen MR) is 70.1 cm³/mol. The molecule has 0 heterocycles. The molecule has 98 valence electrons. The molecule has 16 heavy (non-hydrogen) atoms. The summed E-state index contributed by atoms with van der Waals surface area (Å²) in [7, 11) is 0.722. The zero-order chi connectivity index (χ0) is 13.0. The van der Waals surface area contributed by atoms with Gasteiger partial charge in [0.1, 0.15) is 0 Å². The van der Waals surface area contributed by atoms with Crippen molar-refractivity contribution >= 4 is 7.52 Å². The van der Waals surface area contributed by atoms with Crippen molar-refractivity contribution in [3.05, 3.63) is 0 Å². The van der Waals surface area contributed by atoms with E-state index in [1.165, 1.54) is 7.11 Å². The van der Waals surface area contributed by atoms with Crippen LogP contribution in [0.25, 0.3) is 0 Å². The van der Waals surface area contributed by atoms with E-state index in [2.05, 4.69) is 31.2 Å². The van der Waals surface area contributed by atoms with Crippen LogP contribution in [0.1, 0.15) is 34.6 Å². The highest BCUT2D eigenvalue weighted by molar-refractivity contribution is 7.57. The molecule has 2 unspecified atom stereocenters. The maximum absolute atomic E-state index is 12.3. The van der Waals surface area contributed by atoms with E-state index >= 15 is 0 Å². The fraction of sp³-hybridized carbons (Fsp3) is 1.00. The van der Waals surface area contributed by atoms with Crippen molar-refractivity contribution in [1.82, 2.24) is 10.4 Å². The molecule has 0 aromatic rings. The maximum Gasteiger partial charge on any atom is 0.272 e. The Labute approximate surface area is 100 Å². The fourth-order valence-corrected chi connectivity index (χ4v) is 2.87. The van der Waals surface area contributed by atoms with Gasteiger partial charge in [-0.2, -0.15) is 0 Å². The van der Waals surface area contributed by atoms with Crippen LogP contribution in [-0.4, -0.2) is 32.4 Å². The largest absolute Gasteiger partial charge is 0.321 e. The monoisotopic (exact) mass is 250 g/mol. The van der Waals surface area contributed by atoms with Crippen LogP contribution >= 0.6 is 7.52 Å². The second-order valence-electron chi connectivity index (χ2n) is 5.44. The summed E-state index contributed by atoms with van der Waals surface area (Å²) in [6.45, 7) is 10.9. The maximum atomic E-state index is 12.3. The molecule has 0 fully saturated rings. The van der Waals surface area contributed by atoms with E-state index in [0.717, 1.165) is 0 Å². The number of nitrogens with one attached hydrogen (secondary N) is 2. The Bertz CT molecular complexity index is 249. The molecule has 0 aromatic heterocycles. The van der Waals surface area contributed by atoms with E-state index in [-0.39, 0.29) is 17.1 Å². The summed E-state index contributed by atoms with van der Waals surface area (Å²) in [5.41, 5.74) is 0.118. The quantitative estimate of drug-likeness (QED) is 0.711. The molecule has 0 saturated heterocycles. The first-order chi connectivity index (χ1) is 7.17. The van der Waals surface area contributed by atoms with Crippen molar-refractivity contribution in [2.24, 2.45) is 5.41 Å². The van der Waals surface area contributed by atoms with Crippen molar-refractivity contribution in [2.75, 3.05) is 20.7 Å². The molecule has 2 atom stereocenters. The highest BCUT2D eigenvalue weighted by Crippen LogP contribution is 2.46. The highest BCUT2D eigenvalue weighted by Gasteiger charge is 2.29. The van der Waals surface area contributed by atoms with Gasteiger partial charge in [-0.15, -0.1) is 0 Å². The molecule has 0 aliphatic rings. The van der Waals surface area contributed by atoms with Gasteiger partial charge in [-0.05, 0) is 12.5 Å². The van der Waals surface area contributed by atoms with Crippen LogP contribution in [0.4, 0.5) is 0 Å². The van der Waals surface area contributed by atoms with Crippen molar-refractivity contribution in [3.8, 4) is 0 Å². The highest BCUT2D eigenvalue weighted by atomic mass is 31.2. The van der Waals surface area contributed by atoms with Crippen LogP contribution in [0.3, 0.4) is 0 Å². The second-order valence-corrected chi connectivity index (χ2v) is 8.35. The minimum absolute atomic E-state index is 0.00465. The molecule has 2 N–H and O–H groups in total. The van der Waals surface area contributed by atoms with E-state index in [1.807, 2.05) is 20.9 Å². The Morgan fingerprint density at radius 1 is 1.31 bits per heavy atom. The molecule has 0 saturated carbocycles. The van der Waals surface area contributed by atoms with Crippen molar-refractivity contribution in [1.29, 1.82) is 0 Å². The first-order valence-electron chi connectivity index (χ1n) is 5.75. The summed E-state index contributed by atoms with van der Waals surface area (Å²) in [6, 6.07) is 0.259. The summed E-state index contributed by atoms with van der Waals surface area (Å²) in [5.74, 6) is 0. The lowest BCUT2D eigenvalue weighted by Gasteiger charge is -2.32. The van der Waals surface area contributed by atoms with E-state index in [4.69, 9.17) is 4.52 Å². The molecule has 0 spiro atoms. The summed E-state index contributed by atoms with van der Waals surface area (Å²) < 4.78 is 17.4. The topological polar surface area (TPSA) is 50.4 Å². The molecular formula is C11H27N2O2P. The van der Waals surface area contributed by atoms with Gasteiger partial charge in [-0.3, -0.25) is 4.57 Å². The minimum Gasteiger partial charge on any atom is -0.321 e. The Morgan fingerprint density at radius 3 is 2.06 bits per heavy atom. The molecule has 0 aromatic carbocycles. The first-order valence-corrected chi connectivity index (χ1v) is 7.44. The van der Waals surface area contributed by atoms with E-state index < -0.39 is 7.52 Å². The molecule has 0 aliphatic heterocycles. The molecule has 0 rings (SSSR count). The summed E-state index contributed by atoms with van der Waals surface area (Å²) in [6.07, 6.45) is 0. The zero-order valence-corrected chi connectivity index (χ0v) is 12.5. The lowest BCUT2D eigenvalue weighted by Crippen LogP contribution is -2.45. The molecule has 0 amide bonds. The van der Waals surface area contributed by atoms with Gasteiger partial charge >= 0.3 is 0 Å². The third-order valence-corrected chi connectivity index (χ3v) is 5.39. The van der Waals surface area contributed by atoms with Gasteiger partial charge in [0.15, 0.2) is 0 Å². The van der Waals surface area contributed by atoms with Gasteiger partial charge in [0, 0.05) is 25.4 Å². The third-order valence-electron chi connectivity index (χ3n) is 2.86. The Morgan fingerprint density at radius 2 is 1.81 bits per heavy atom. The van der Waals surface area contributed by atoms with Gasteiger partial charge in [0.25, 0.3) is 7.52 Å². The normalized spacial score (nSPS) is 18.5. The molecule has 5 heteroatoms. The minimum atomic E-state index is -2.70. The second kappa shape index (κ2) is 6.15. The van der Waals surface area contributed by atoms with E-state index in [0.29, 0.717) is 6.54 Å². The zero-order valence-electron chi connectivity index (χ0n) is 11.6. The standard InChI is InChI=1S/C11H27N2O2P/c1-9(2)16(14,15-7)13-8-10(12-6)11(3,4)5/h9-10,12H,8H2,1-7H3,(H,13,14). The van der Waals surface area contributed by atoms with Crippen LogP contribution in [0.2, 0.25) is 0 Å². The van der Waals surface area contributed by atoms with Gasteiger partial charge in [-0.25, -0.2) is 5.09 Å². The summed E-state index contributed by atoms with van der Waals surface area (Å²) in [5, 5.41) is 6.31. The van der Waals surface area contributed by atoms with Crippen LogP contribution < -0.4 is 10.4 Å². The lowest BCUT2D eigenvalue weighted by molar-refractivity contribution is 0.276. The lowest BCUT2D eigenvalue weighted by atomic mass is 9.87. The van der Waals surface area contributed by atoms with Crippen LogP contribution in [-0.2, 0) is 9.09 Å². The molecular weight excluding hydrogens is 223 g/mol. The van der Waals surface area contributed by atoms with Gasteiger partial charge < -0.3 is 9.84 Å². The summed E-state index contributed by atoms with van der Waals surface area (Å²) in [4.78, 5) is 0. The predicted octanol–water partition coefficient (Wildman–Crippen LogP) is 2.46. The third kappa shape index (κ3) is 4.54. The smallest absolute Gasteiger partial charge is 0.272 e. The Balaban J connectivity index is 4.47. The number of hydrogen-bond donors (Lipinski definition) is 2. The van der Waals surface area contributed by atoms with Gasteiger partial charge in [-0.1, -0.05) is 34.6 Å². The average Bonchev–Trinajstić information content (AvgIpc) is 2.15. The molecule has 4 nitrogen and oxygen atoms in total. The fourth-order valence-electron chi connectivity index (χ4n) is 1.52. The van der Waals surface area contributed by atoms with Crippen molar-refractivity contribution in [2.45, 2.75) is 46.3 Å². The summed E-state index contributed by atoms with van der Waals surface area (Å²) >= 11 is 0. The molecule has 0 bridgehead atoms. The Hall–Kier alpha value is 0.110. The first kappa shape index (κ1) is 16.1. The van der Waals surface area contributed by atoms with E-state index in [1.54, 1.807) is 0 Å². The van der Waals surface area contributed by atoms with Gasteiger partial charge in [0.05, 0.1) is 0 Å². The SMILES string of the molecule is CNC(CNP(=O)(OC)C(C)C)C(C)(C)C. The number of hydrogen-bond acceptors (Lipinski definition) is 3. The van der Waals surface area contributed by atoms with Crippen LogP contribution in [0.5, 0.6) is 0 Å². The van der Waals surface area contributed by atoms with Crippen molar-refractivity contribution in [3.63, 3.8) is 0 Å². The van der Waals surface area contributed by atoms with Crippen LogP contribution in [0, 0.1) is 5.41 Å². The van der Waals surface area contributed by atoms with E-state index in [9.17, 15) is 4.57 Å². The molecule has 0 radical (unpaired) electrons. The number of rotatable bonds is 6.